The number of epoxide rings is 1. The molecule has 0 amide bonds. The van der Waals surface area contributed by atoms with Gasteiger partial charge in [0.05, 0.1) is 6.61 Å². The molecule has 1 unspecified atom stereocenters. The molecule has 13 heavy (non-hydrogen) atoms. The van der Waals surface area contributed by atoms with Crippen molar-refractivity contribution in [2.75, 3.05) is 6.61 Å². The number of benzene rings is 1. The highest BCUT2D eigenvalue weighted by Crippen LogP contribution is 2.37. The van der Waals surface area contributed by atoms with Crippen molar-refractivity contribution in [1.82, 2.24) is 0 Å². The molecule has 1 aliphatic heterocycles. The van der Waals surface area contributed by atoms with Crippen LogP contribution in [0.15, 0.2) is 24.3 Å². The number of hydrogen-bond donors (Lipinski definition) is 0. The number of hydrogen-bond acceptors (Lipinski definition) is 1. The quantitative estimate of drug-likeness (QED) is 0.645. The molecule has 1 saturated heterocycles. The Morgan fingerprint density at radius 3 is 2.38 bits per heavy atom. The molecule has 0 spiro atoms. The van der Waals surface area contributed by atoms with Gasteiger partial charge in [0.2, 0.25) is 0 Å². The van der Waals surface area contributed by atoms with Gasteiger partial charge in [0.1, 0.15) is 5.60 Å². The minimum atomic E-state index is 0.0325. The Balaban J connectivity index is 2.14. The molecule has 70 valence electrons. The molecule has 1 atom stereocenters. The van der Waals surface area contributed by atoms with Crippen LogP contribution in [0.5, 0.6) is 0 Å². The standard InChI is InChI=1S/C12H16O/c1-3-4-10-5-7-11(8-6-10)12(2)9-13-12/h5-8H,3-4,9H2,1-2H3. The average molecular weight is 176 g/mol. The van der Waals surface area contributed by atoms with Crippen molar-refractivity contribution in [2.45, 2.75) is 32.3 Å². The SMILES string of the molecule is CCCc1ccc(C2(C)CO2)cc1. The lowest BCUT2D eigenvalue weighted by atomic mass is 9.99. The van der Waals surface area contributed by atoms with Gasteiger partial charge in [0.15, 0.2) is 0 Å². The highest BCUT2D eigenvalue weighted by Gasteiger charge is 2.40. The van der Waals surface area contributed by atoms with Crippen molar-refractivity contribution >= 4 is 0 Å². The molecule has 1 aromatic carbocycles. The Morgan fingerprint density at radius 2 is 1.92 bits per heavy atom. The topological polar surface area (TPSA) is 12.5 Å². The van der Waals surface area contributed by atoms with Gasteiger partial charge in [0, 0.05) is 0 Å². The lowest BCUT2D eigenvalue weighted by molar-refractivity contribution is 0.329. The molecule has 0 radical (unpaired) electrons. The van der Waals surface area contributed by atoms with Crippen LogP contribution in [0.4, 0.5) is 0 Å². The molecule has 1 fully saturated rings. The Bertz CT molecular complexity index is 282. The van der Waals surface area contributed by atoms with E-state index < -0.39 is 0 Å². The van der Waals surface area contributed by atoms with E-state index in [2.05, 4.69) is 38.1 Å². The average Bonchev–Trinajstić information content (AvgIpc) is 2.87. The summed E-state index contributed by atoms with van der Waals surface area (Å²) in [5, 5.41) is 0. The van der Waals surface area contributed by atoms with Crippen LogP contribution < -0.4 is 0 Å². The Hall–Kier alpha value is -0.820. The molecule has 0 aliphatic carbocycles. The van der Waals surface area contributed by atoms with Crippen LogP contribution in [-0.4, -0.2) is 6.61 Å². The fourth-order valence-corrected chi connectivity index (χ4v) is 1.59. The van der Waals surface area contributed by atoms with Crippen LogP contribution in [0.2, 0.25) is 0 Å². The van der Waals surface area contributed by atoms with E-state index in [4.69, 9.17) is 4.74 Å². The van der Waals surface area contributed by atoms with E-state index in [0.29, 0.717) is 0 Å². The van der Waals surface area contributed by atoms with Crippen LogP contribution in [0.1, 0.15) is 31.4 Å². The van der Waals surface area contributed by atoms with Crippen molar-refractivity contribution in [1.29, 1.82) is 0 Å². The van der Waals surface area contributed by atoms with Gasteiger partial charge in [-0.15, -0.1) is 0 Å². The second kappa shape index (κ2) is 3.15. The van der Waals surface area contributed by atoms with Crippen LogP contribution in [0, 0.1) is 0 Å². The first-order chi connectivity index (χ1) is 6.24. The van der Waals surface area contributed by atoms with Crippen LogP contribution in [0.3, 0.4) is 0 Å². The molecule has 1 aliphatic rings. The van der Waals surface area contributed by atoms with Gasteiger partial charge in [-0.2, -0.15) is 0 Å². The summed E-state index contributed by atoms with van der Waals surface area (Å²) >= 11 is 0. The van der Waals surface area contributed by atoms with Crippen molar-refractivity contribution in [3.8, 4) is 0 Å². The fraction of sp³-hybridized carbons (Fsp3) is 0.500. The summed E-state index contributed by atoms with van der Waals surface area (Å²) < 4.78 is 5.38. The van der Waals surface area contributed by atoms with Gasteiger partial charge < -0.3 is 4.74 Å². The highest BCUT2D eigenvalue weighted by atomic mass is 16.6. The first-order valence-electron chi connectivity index (χ1n) is 4.98. The Labute approximate surface area is 79.7 Å². The molecule has 0 N–H and O–H groups in total. The first kappa shape index (κ1) is 8.76. The maximum atomic E-state index is 5.38. The van der Waals surface area contributed by atoms with E-state index in [1.54, 1.807) is 0 Å². The first-order valence-corrected chi connectivity index (χ1v) is 4.98. The summed E-state index contributed by atoms with van der Waals surface area (Å²) in [4.78, 5) is 0. The Kier molecular flexibility index (Phi) is 2.12. The molecular formula is C12H16O. The maximum absolute atomic E-state index is 5.38. The number of rotatable bonds is 3. The van der Waals surface area contributed by atoms with Crippen molar-refractivity contribution < 1.29 is 4.74 Å². The lowest BCUT2D eigenvalue weighted by Crippen LogP contribution is -2.01. The molecule has 2 rings (SSSR count). The molecule has 1 heterocycles. The zero-order valence-electron chi connectivity index (χ0n) is 8.34. The van der Waals surface area contributed by atoms with Crippen LogP contribution in [-0.2, 0) is 16.8 Å². The van der Waals surface area contributed by atoms with Crippen LogP contribution in [0.25, 0.3) is 0 Å². The minimum absolute atomic E-state index is 0.0325. The Morgan fingerprint density at radius 1 is 1.31 bits per heavy atom. The van der Waals surface area contributed by atoms with Gasteiger partial charge in [-0.1, -0.05) is 37.6 Å². The second-order valence-corrected chi connectivity index (χ2v) is 3.97. The molecule has 1 heteroatoms. The second-order valence-electron chi connectivity index (χ2n) is 3.97. The predicted octanol–water partition coefficient (Wildman–Crippen LogP) is 2.88. The predicted molar refractivity (Wildman–Crippen MR) is 53.7 cm³/mol. The molecular weight excluding hydrogens is 160 g/mol. The van der Waals surface area contributed by atoms with E-state index in [9.17, 15) is 0 Å². The number of ether oxygens (including phenoxy) is 1. The van der Waals surface area contributed by atoms with Gasteiger partial charge in [0.25, 0.3) is 0 Å². The largest absolute Gasteiger partial charge is 0.365 e. The van der Waals surface area contributed by atoms with E-state index in [0.717, 1.165) is 6.61 Å². The third-order valence-corrected chi connectivity index (χ3v) is 2.68. The zero-order chi connectivity index (χ0) is 9.31. The van der Waals surface area contributed by atoms with E-state index in [1.165, 1.54) is 24.0 Å². The zero-order valence-corrected chi connectivity index (χ0v) is 8.34. The van der Waals surface area contributed by atoms with Crippen LogP contribution >= 0.6 is 0 Å². The summed E-state index contributed by atoms with van der Waals surface area (Å²) in [6, 6.07) is 8.81. The molecule has 1 nitrogen and oxygen atoms in total. The van der Waals surface area contributed by atoms with Gasteiger partial charge in [-0.05, 0) is 24.5 Å². The van der Waals surface area contributed by atoms with E-state index >= 15 is 0 Å². The lowest BCUT2D eigenvalue weighted by Gasteiger charge is -2.06. The molecule has 0 saturated carbocycles. The highest BCUT2D eigenvalue weighted by molar-refractivity contribution is 5.29. The third kappa shape index (κ3) is 1.75. The fourth-order valence-electron chi connectivity index (χ4n) is 1.59. The van der Waals surface area contributed by atoms with Crippen molar-refractivity contribution in [3.63, 3.8) is 0 Å². The van der Waals surface area contributed by atoms with Gasteiger partial charge >= 0.3 is 0 Å². The van der Waals surface area contributed by atoms with E-state index in [-0.39, 0.29) is 5.60 Å². The van der Waals surface area contributed by atoms with Crippen molar-refractivity contribution in [3.05, 3.63) is 35.4 Å². The summed E-state index contributed by atoms with van der Waals surface area (Å²) in [5.74, 6) is 0. The monoisotopic (exact) mass is 176 g/mol. The summed E-state index contributed by atoms with van der Waals surface area (Å²) in [5.41, 5.74) is 2.77. The van der Waals surface area contributed by atoms with Crippen molar-refractivity contribution in [2.24, 2.45) is 0 Å². The normalized spacial score (nSPS) is 26.0. The maximum Gasteiger partial charge on any atom is 0.114 e. The summed E-state index contributed by atoms with van der Waals surface area (Å²) in [6.07, 6.45) is 2.39. The van der Waals surface area contributed by atoms with E-state index in [1.807, 2.05) is 0 Å². The van der Waals surface area contributed by atoms with Gasteiger partial charge in [-0.25, -0.2) is 0 Å². The summed E-state index contributed by atoms with van der Waals surface area (Å²) in [6.45, 7) is 5.22. The molecule has 0 bridgehead atoms. The van der Waals surface area contributed by atoms with Gasteiger partial charge in [-0.3, -0.25) is 0 Å². The number of aryl methyl sites for hydroxylation is 1. The molecule has 0 aromatic heterocycles. The summed E-state index contributed by atoms with van der Waals surface area (Å²) in [7, 11) is 0. The smallest absolute Gasteiger partial charge is 0.114 e. The molecule has 1 aromatic rings. The minimum Gasteiger partial charge on any atom is -0.365 e. The third-order valence-electron chi connectivity index (χ3n) is 2.68.